The van der Waals surface area contributed by atoms with Gasteiger partial charge in [-0.25, -0.2) is 19.3 Å². The molecule has 0 amide bonds. The molecule has 0 radical (unpaired) electrons. The Balaban J connectivity index is 1.15. The molecule has 0 saturated heterocycles. The zero-order valence-electron chi connectivity index (χ0n) is 25.7. The number of aromatic nitrogens is 3. The van der Waals surface area contributed by atoms with Gasteiger partial charge in [0.2, 0.25) is 0 Å². The summed E-state index contributed by atoms with van der Waals surface area (Å²) in [6, 6.07) is 51.3. The molecule has 0 bridgehead atoms. The van der Waals surface area contributed by atoms with E-state index in [-0.39, 0.29) is 0 Å². The Morgan fingerprint density at radius 2 is 0.872 bits per heavy atom. The maximum absolute atomic E-state index is 16.2. The Morgan fingerprint density at radius 1 is 0.383 bits per heavy atom. The van der Waals surface area contributed by atoms with Crippen LogP contribution in [0.2, 0.25) is 0 Å². The first-order valence-corrected chi connectivity index (χ1v) is 15.8. The van der Waals surface area contributed by atoms with Crippen LogP contribution in [0, 0.1) is 0 Å². The highest BCUT2D eigenvalue weighted by atomic mass is 19.1. The lowest BCUT2D eigenvalue weighted by Crippen LogP contribution is -2.12. The second kappa shape index (κ2) is 10.5. The number of rotatable bonds is 4. The largest absolute Gasteiger partial charge is 0.234 e. The first-order chi connectivity index (χ1) is 23.0. The van der Waals surface area contributed by atoms with Crippen molar-refractivity contribution in [3.63, 3.8) is 0 Å². The van der Waals surface area contributed by atoms with Crippen molar-refractivity contribution in [3.8, 4) is 56.4 Å². The topological polar surface area (TPSA) is 38.7 Å². The van der Waals surface area contributed by atoms with Crippen LogP contribution in [0.1, 0.15) is 18.1 Å². The minimum Gasteiger partial charge on any atom is -0.234 e. The van der Waals surface area contributed by atoms with Crippen LogP contribution < -0.4 is 0 Å². The van der Waals surface area contributed by atoms with Crippen LogP contribution in [0.3, 0.4) is 0 Å². The average Bonchev–Trinajstić information content (AvgIpc) is 3.36. The molecule has 0 aliphatic heterocycles. The third kappa shape index (κ3) is 4.60. The van der Waals surface area contributed by atoms with Crippen molar-refractivity contribution in [2.45, 2.75) is 12.6 Å². The van der Waals surface area contributed by atoms with Crippen LogP contribution in [0.15, 0.2) is 152 Å². The maximum Gasteiger partial charge on any atom is 0.164 e. The van der Waals surface area contributed by atoms with E-state index in [4.69, 9.17) is 15.0 Å². The number of alkyl halides is 1. The van der Waals surface area contributed by atoms with E-state index in [0.29, 0.717) is 23.0 Å². The van der Waals surface area contributed by atoms with Gasteiger partial charge in [0.15, 0.2) is 23.1 Å². The third-order valence-corrected chi connectivity index (χ3v) is 9.36. The molecule has 47 heavy (non-hydrogen) atoms. The zero-order valence-corrected chi connectivity index (χ0v) is 25.7. The van der Waals surface area contributed by atoms with Gasteiger partial charge in [0, 0.05) is 27.8 Å². The highest BCUT2D eigenvalue weighted by Crippen LogP contribution is 2.50. The van der Waals surface area contributed by atoms with Crippen LogP contribution in [0.4, 0.5) is 4.39 Å². The van der Waals surface area contributed by atoms with Gasteiger partial charge in [-0.1, -0.05) is 127 Å². The lowest BCUT2D eigenvalue weighted by molar-refractivity contribution is 0.258. The minimum absolute atomic E-state index is 0.609. The Hall–Kier alpha value is -6.00. The molecule has 1 unspecified atom stereocenters. The molecule has 1 atom stereocenters. The third-order valence-electron chi connectivity index (χ3n) is 9.36. The van der Waals surface area contributed by atoms with E-state index in [2.05, 4.69) is 78.9 Å². The summed E-state index contributed by atoms with van der Waals surface area (Å²) in [4.78, 5) is 14.9. The van der Waals surface area contributed by atoms with Gasteiger partial charge in [-0.15, -0.1) is 0 Å². The lowest BCUT2D eigenvalue weighted by Gasteiger charge is -2.17. The molecule has 9 rings (SSSR count). The van der Waals surface area contributed by atoms with Crippen molar-refractivity contribution in [1.82, 2.24) is 15.0 Å². The van der Waals surface area contributed by atoms with Crippen molar-refractivity contribution < 1.29 is 4.39 Å². The molecule has 222 valence electrons. The predicted molar refractivity (Wildman–Crippen MR) is 190 cm³/mol. The smallest absolute Gasteiger partial charge is 0.164 e. The summed E-state index contributed by atoms with van der Waals surface area (Å²) in [5, 5.41) is 4.47. The SMILES string of the molecule is CC1(F)c2ccccc2-c2ccc(-c3ccc4ccc(-c5nc(-c6ccccc6)nc(-c6ccc7ccccc7c6)n5)cc4c3)cc21. The molecule has 4 heteroatoms. The molecule has 0 fully saturated rings. The molecule has 7 aromatic carbocycles. The van der Waals surface area contributed by atoms with E-state index in [1.54, 1.807) is 6.92 Å². The summed E-state index contributed by atoms with van der Waals surface area (Å²) in [6.07, 6.45) is 0. The normalized spacial score (nSPS) is 15.1. The van der Waals surface area contributed by atoms with Gasteiger partial charge in [0.1, 0.15) is 0 Å². The van der Waals surface area contributed by atoms with Crippen molar-refractivity contribution >= 4 is 21.5 Å². The molecule has 0 spiro atoms. The highest BCUT2D eigenvalue weighted by Gasteiger charge is 2.39. The molecule has 0 saturated carbocycles. The van der Waals surface area contributed by atoms with Gasteiger partial charge < -0.3 is 0 Å². The molecular formula is C43H28FN3. The standard InChI is InChI=1S/C43H28FN3/c1-43(44)38-14-8-7-13-36(38)37-22-21-32(26-39(37)43)31-18-15-28-17-20-34(25-35(28)24-31)42-46-40(29-10-3-2-4-11-29)45-41(47-42)33-19-16-27-9-5-6-12-30(27)23-33/h2-26H,1H3. The summed E-state index contributed by atoms with van der Waals surface area (Å²) in [7, 11) is 0. The summed E-state index contributed by atoms with van der Waals surface area (Å²) in [6.45, 7) is 1.67. The summed E-state index contributed by atoms with van der Waals surface area (Å²) >= 11 is 0. The monoisotopic (exact) mass is 605 g/mol. The predicted octanol–water partition coefficient (Wildman–Crippen LogP) is 11.1. The van der Waals surface area contributed by atoms with Crippen molar-refractivity contribution in [2.75, 3.05) is 0 Å². The number of nitrogens with zero attached hydrogens (tertiary/aromatic N) is 3. The van der Waals surface area contributed by atoms with Crippen molar-refractivity contribution in [3.05, 3.63) is 163 Å². The number of benzene rings is 7. The molecule has 1 aliphatic carbocycles. The quantitative estimate of drug-likeness (QED) is 0.200. The first kappa shape index (κ1) is 27.3. The van der Waals surface area contributed by atoms with Crippen LogP contribution in [0.5, 0.6) is 0 Å². The zero-order chi connectivity index (χ0) is 31.5. The maximum atomic E-state index is 16.2. The molecular weight excluding hydrogens is 577 g/mol. The highest BCUT2D eigenvalue weighted by molar-refractivity contribution is 5.92. The fraction of sp³-hybridized carbons (Fsp3) is 0.0465. The molecule has 3 nitrogen and oxygen atoms in total. The van der Waals surface area contributed by atoms with E-state index in [0.717, 1.165) is 60.7 Å². The summed E-state index contributed by atoms with van der Waals surface area (Å²) in [5.74, 6) is 1.86. The first-order valence-electron chi connectivity index (χ1n) is 15.8. The average molecular weight is 606 g/mol. The van der Waals surface area contributed by atoms with Crippen LogP contribution in [0.25, 0.3) is 78.0 Å². The molecule has 8 aromatic rings. The fourth-order valence-corrected chi connectivity index (χ4v) is 6.86. The van der Waals surface area contributed by atoms with Crippen LogP contribution >= 0.6 is 0 Å². The summed E-state index contributed by atoms with van der Waals surface area (Å²) < 4.78 is 16.2. The molecule has 1 aromatic heterocycles. The van der Waals surface area contributed by atoms with Gasteiger partial charge >= 0.3 is 0 Å². The van der Waals surface area contributed by atoms with Crippen molar-refractivity contribution in [2.24, 2.45) is 0 Å². The van der Waals surface area contributed by atoms with Gasteiger partial charge in [-0.3, -0.25) is 0 Å². The van der Waals surface area contributed by atoms with E-state index < -0.39 is 5.67 Å². The molecule has 1 heterocycles. The minimum atomic E-state index is -1.54. The Morgan fingerprint density at radius 3 is 1.62 bits per heavy atom. The number of hydrogen-bond donors (Lipinski definition) is 0. The Labute approximate surface area is 272 Å². The van der Waals surface area contributed by atoms with E-state index in [1.807, 2.05) is 72.8 Å². The van der Waals surface area contributed by atoms with Crippen LogP contribution in [-0.4, -0.2) is 15.0 Å². The van der Waals surface area contributed by atoms with E-state index in [9.17, 15) is 0 Å². The second-order valence-electron chi connectivity index (χ2n) is 12.3. The number of halogens is 1. The van der Waals surface area contributed by atoms with Gasteiger partial charge in [0.05, 0.1) is 0 Å². The molecule has 0 N–H and O–H groups in total. The number of fused-ring (bicyclic) bond motifs is 5. The molecule has 1 aliphatic rings. The van der Waals surface area contributed by atoms with Gasteiger partial charge in [-0.05, 0) is 75.0 Å². The van der Waals surface area contributed by atoms with E-state index in [1.165, 1.54) is 5.39 Å². The lowest BCUT2D eigenvalue weighted by atomic mass is 9.92. The van der Waals surface area contributed by atoms with Crippen LogP contribution in [-0.2, 0) is 5.67 Å². The van der Waals surface area contributed by atoms with Gasteiger partial charge in [0.25, 0.3) is 0 Å². The van der Waals surface area contributed by atoms with E-state index >= 15 is 4.39 Å². The van der Waals surface area contributed by atoms with Gasteiger partial charge in [-0.2, -0.15) is 0 Å². The Bertz CT molecular complexity index is 2500. The van der Waals surface area contributed by atoms with Crippen molar-refractivity contribution in [1.29, 1.82) is 0 Å². The number of hydrogen-bond acceptors (Lipinski definition) is 3. The summed E-state index contributed by atoms with van der Waals surface area (Å²) in [5.41, 5.74) is 6.61. The fourth-order valence-electron chi connectivity index (χ4n) is 6.86. The Kier molecular flexibility index (Phi) is 6.12. The second-order valence-corrected chi connectivity index (χ2v) is 12.3.